The molecule has 0 aliphatic carbocycles. The smallest absolute Gasteiger partial charge is 0.270 e. The van der Waals surface area contributed by atoms with E-state index < -0.39 is 0 Å². The average molecular weight is 534 g/mol. The van der Waals surface area contributed by atoms with E-state index in [4.69, 9.17) is 14.5 Å². The first-order chi connectivity index (χ1) is 19.4. The van der Waals surface area contributed by atoms with Crippen LogP contribution in [0.2, 0.25) is 0 Å². The normalized spacial score (nSPS) is 11.3. The summed E-state index contributed by atoms with van der Waals surface area (Å²) in [6.07, 6.45) is 4.96. The molecule has 12 heteroatoms. The van der Waals surface area contributed by atoms with Crippen molar-refractivity contribution in [3.05, 3.63) is 89.8 Å². The summed E-state index contributed by atoms with van der Waals surface area (Å²) in [6.45, 7) is 3.70. The SMILES string of the molecule is COc1ccc(-c2ccc(C(C)NC(=O)c3ccc(-c4nc(C)cc(Nc5cc(C#N)on5)n4)cn3)cn2)cn1. The molecule has 0 saturated carbocycles. The molecule has 0 spiro atoms. The van der Waals surface area contributed by atoms with Crippen molar-refractivity contribution < 1.29 is 14.1 Å². The fraction of sp³-hybridized carbons (Fsp3) is 0.143. The lowest BCUT2D eigenvalue weighted by molar-refractivity contribution is 0.0935. The zero-order chi connectivity index (χ0) is 28.1. The summed E-state index contributed by atoms with van der Waals surface area (Å²) in [5, 5.41) is 18.6. The minimum absolute atomic E-state index is 0.0836. The maximum Gasteiger partial charge on any atom is 0.270 e. The molecule has 2 N–H and O–H groups in total. The number of pyridine rings is 3. The van der Waals surface area contributed by atoms with Gasteiger partial charge in [-0.25, -0.2) is 15.0 Å². The van der Waals surface area contributed by atoms with Gasteiger partial charge in [-0.15, -0.1) is 0 Å². The molecule has 0 saturated heterocycles. The first-order valence-electron chi connectivity index (χ1n) is 12.1. The minimum Gasteiger partial charge on any atom is -0.481 e. The standard InChI is InChI=1S/C28H23N9O3/c1-16-10-24(35-25-11-21(12-29)40-37-25)36-27(33-16)20-5-8-23(31-15-20)28(38)34-17(2)18-4-7-22(30-13-18)19-6-9-26(39-3)32-14-19/h4-11,13-15,17H,1-3H3,(H,34,38)(H,33,35,36,37). The number of carbonyl (C=O) groups excluding carboxylic acids is 1. The number of methoxy groups -OCH3 is 1. The predicted molar refractivity (Wildman–Crippen MR) is 144 cm³/mol. The molecule has 5 rings (SSSR count). The maximum atomic E-state index is 12.9. The van der Waals surface area contributed by atoms with Gasteiger partial charge in [-0.3, -0.25) is 14.8 Å². The number of carbonyl (C=O) groups is 1. The van der Waals surface area contributed by atoms with E-state index >= 15 is 0 Å². The molecule has 12 nitrogen and oxygen atoms in total. The Morgan fingerprint density at radius 2 is 1.80 bits per heavy atom. The van der Waals surface area contributed by atoms with Gasteiger partial charge in [0.2, 0.25) is 11.6 Å². The van der Waals surface area contributed by atoms with Crippen LogP contribution in [0.5, 0.6) is 5.88 Å². The maximum absolute atomic E-state index is 12.9. The van der Waals surface area contributed by atoms with Crippen LogP contribution < -0.4 is 15.4 Å². The lowest BCUT2D eigenvalue weighted by atomic mass is 10.1. The second kappa shape index (κ2) is 11.4. The molecule has 0 aromatic carbocycles. The van der Waals surface area contributed by atoms with Gasteiger partial charge in [-0.2, -0.15) is 5.26 Å². The van der Waals surface area contributed by atoms with E-state index in [2.05, 4.69) is 40.7 Å². The van der Waals surface area contributed by atoms with Gasteiger partial charge in [-0.1, -0.05) is 11.2 Å². The van der Waals surface area contributed by atoms with Crippen LogP contribution in [0.4, 0.5) is 11.6 Å². The number of hydrogen-bond acceptors (Lipinski definition) is 11. The number of nitriles is 1. The number of nitrogens with zero attached hydrogens (tertiary/aromatic N) is 7. The zero-order valence-electron chi connectivity index (χ0n) is 21.8. The van der Waals surface area contributed by atoms with Crippen molar-refractivity contribution in [2.45, 2.75) is 19.9 Å². The number of ether oxygens (including phenoxy) is 1. The van der Waals surface area contributed by atoms with Gasteiger partial charge in [0, 0.05) is 53.6 Å². The van der Waals surface area contributed by atoms with Crippen LogP contribution in [0, 0.1) is 18.3 Å². The molecule has 40 heavy (non-hydrogen) atoms. The summed E-state index contributed by atoms with van der Waals surface area (Å²) in [6, 6.07) is 15.6. The number of rotatable bonds is 8. The number of aryl methyl sites for hydroxylation is 1. The molecule has 1 amide bonds. The van der Waals surface area contributed by atoms with Gasteiger partial charge in [0.25, 0.3) is 5.91 Å². The molecule has 1 unspecified atom stereocenters. The Morgan fingerprint density at radius 1 is 0.975 bits per heavy atom. The van der Waals surface area contributed by atoms with E-state index in [1.54, 1.807) is 50.0 Å². The Morgan fingerprint density at radius 3 is 2.45 bits per heavy atom. The Bertz CT molecular complexity index is 1680. The average Bonchev–Trinajstić information content (AvgIpc) is 3.44. The number of nitrogens with one attached hydrogen (secondary N) is 2. The highest BCUT2D eigenvalue weighted by molar-refractivity contribution is 5.92. The third-order valence-corrected chi connectivity index (χ3v) is 5.86. The van der Waals surface area contributed by atoms with Gasteiger partial charge in [-0.05, 0) is 43.7 Å². The van der Waals surface area contributed by atoms with E-state index in [-0.39, 0.29) is 23.4 Å². The van der Waals surface area contributed by atoms with E-state index in [1.165, 1.54) is 6.07 Å². The van der Waals surface area contributed by atoms with Crippen molar-refractivity contribution in [1.29, 1.82) is 5.26 Å². The molecule has 0 aliphatic rings. The highest BCUT2D eigenvalue weighted by atomic mass is 16.5. The molecule has 5 aromatic rings. The number of amides is 1. The zero-order valence-corrected chi connectivity index (χ0v) is 21.8. The van der Waals surface area contributed by atoms with Crippen molar-refractivity contribution in [3.8, 4) is 34.6 Å². The van der Waals surface area contributed by atoms with Gasteiger partial charge in [0.05, 0.1) is 18.8 Å². The number of anilines is 2. The van der Waals surface area contributed by atoms with Gasteiger partial charge in [0.15, 0.2) is 11.6 Å². The third-order valence-electron chi connectivity index (χ3n) is 5.86. The highest BCUT2D eigenvalue weighted by Crippen LogP contribution is 2.22. The van der Waals surface area contributed by atoms with Crippen LogP contribution in [0.25, 0.3) is 22.6 Å². The Hall–Kier alpha value is -5.70. The van der Waals surface area contributed by atoms with E-state index in [0.717, 1.165) is 16.8 Å². The Labute approximate surface area is 229 Å². The van der Waals surface area contributed by atoms with Crippen molar-refractivity contribution in [3.63, 3.8) is 0 Å². The molecule has 198 valence electrons. The Balaban J connectivity index is 1.24. The van der Waals surface area contributed by atoms with Crippen LogP contribution in [-0.2, 0) is 0 Å². The molecule has 0 fully saturated rings. The summed E-state index contributed by atoms with van der Waals surface area (Å²) in [4.78, 5) is 34.9. The Kier molecular flexibility index (Phi) is 7.36. The van der Waals surface area contributed by atoms with Crippen molar-refractivity contribution >= 4 is 17.5 Å². The molecule has 0 radical (unpaired) electrons. The van der Waals surface area contributed by atoms with Crippen LogP contribution in [0.15, 0.2) is 71.6 Å². The number of aromatic nitrogens is 6. The monoisotopic (exact) mass is 533 g/mol. The number of hydrogen-bond donors (Lipinski definition) is 2. The summed E-state index contributed by atoms with van der Waals surface area (Å²) in [5.41, 5.74) is 4.05. The van der Waals surface area contributed by atoms with Crippen molar-refractivity contribution in [2.24, 2.45) is 0 Å². The van der Waals surface area contributed by atoms with Crippen molar-refractivity contribution in [1.82, 2.24) is 35.4 Å². The predicted octanol–water partition coefficient (Wildman–Crippen LogP) is 4.41. The molecule has 0 aliphatic heterocycles. The van der Waals surface area contributed by atoms with Crippen LogP contribution in [0.3, 0.4) is 0 Å². The van der Waals surface area contributed by atoms with E-state index in [0.29, 0.717) is 34.6 Å². The molecular formula is C28H23N9O3. The topological polar surface area (TPSA) is 165 Å². The molecule has 5 heterocycles. The summed E-state index contributed by atoms with van der Waals surface area (Å²) >= 11 is 0. The fourth-order valence-corrected chi connectivity index (χ4v) is 3.78. The minimum atomic E-state index is -0.325. The third kappa shape index (κ3) is 5.89. The van der Waals surface area contributed by atoms with Crippen LogP contribution in [0.1, 0.15) is 40.5 Å². The highest BCUT2D eigenvalue weighted by Gasteiger charge is 2.15. The van der Waals surface area contributed by atoms with Crippen LogP contribution >= 0.6 is 0 Å². The summed E-state index contributed by atoms with van der Waals surface area (Å²) < 4.78 is 9.97. The quantitative estimate of drug-likeness (QED) is 0.290. The van der Waals surface area contributed by atoms with Gasteiger partial charge < -0.3 is 19.9 Å². The van der Waals surface area contributed by atoms with E-state index in [1.807, 2.05) is 38.1 Å². The largest absolute Gasteiger partial charge is 0.481 e. The fourth-order valence-electron chi connectivity index (χ4n) is 3.78. The second-order valence-electron chi connectivity index (χ2n) is 8.72. The van der Waals surface area contributed by atoms with Crippen LogP contribution in [-0.4, -0.2) is 43.1 Å². The van der Waals surface area contributed by atoms with Crippen molar-refractivity contribution in [2.75, 3.05) is 12.4 Å². The molecule has 0 bridgehead atoms. The summed E-state index contributed by atoms with van der Waals surface area (Å²) in [5.74, 6) is 1.53. The molecule has 1 atom stereocenters. The second-order valence-corrected chi connectivity index (χ2v) is 8.72. The van der Waals surface area contributed by atoms with E-state index in [9.17, 15) is 4.79 Å². The lowest BCUT2D eigenvalue weighted by Crippen LogP contribution is -2.27. The molecular weight excluding hydrogens is 510 g/mol. The van der Waals surface area contributed by atoms with Gasteiger partial charge >= 0.3 is 0 Å². The summed E-state index contributed by atoms with van der Waals surface area (Å²) in [7, 11) is 1.57. The van der Waals surface area contributed by atoms with Gasteiger partial charge in [0.1, 0.15) is 17.6 Å². The lowest BCUT2D eigenvalue weighted by Gasteiger charge is -2.14. The molecule has 5 aromatic heterocycles. The first kappa shape index (κ1) is 25.9. The first-order valence-corrected chi connectivity index (χ1v) is 12.1.